The van der Waals surface area contributed by atoms with Crippen LogP contribution in [0.4, 0.5) is 10.1 Å². The van der Waals surface area contributed by atoms with Crippen molar-refractivity contribution in [2.24, 2.45) is 15.7 Å². The van der Waals surface area contributed by atoms with E-state index in [4.69, 9.17) is 5.73 Å². The third kappa shape index (κ3) is 2.20. The Morgan fingerprint density at radius 1 is 1.10 bits per heavy atom. The Morgan fingerprint density at radius 3 is 2.70 bits per heavy atom. The summed E-state index contributed by atoms with van der Waals surface area (Å²) in [5.74, 6) is 0.140. The van der Waals surface area contributed by atoms with Gasteiger partial charge in [-0.05, 0) is 30.7 Å². The molecule has 0 aliphatic carbocycles. The standard InChI is InChI=1S/C16H14FN3/c1-10-6-7-12-14(8-10)20-15(18)9-19-16(12)11-4-2-3-5-13(11)17/h2-8H,9H2,1H3,(H2,18,20). The zero-order valence-corrected chi connectivity index (χ0v) is 11.1. The van der Waals surface area contributed by atoms with Crippen molar-refractivity contribution >= 4 is 17.2 Å². The van der Waals surface area contributed by atoms with Gasteiger partial charge in [0.15, 0.2) is 0 Å². The van der Waals surface area contributed by atoms with Gasteiger partial charge in [0, 0.05) is 11.1 Å². The van der Waals surface area contributed by atoms with Gasteiger partial charge in [-0.1, -0.05) is 24.3 Å². The monoisotopic (exact) mass is 267 g/mol. The number of hydrogen-bond donors (Lipinski definition) is 1. The Hall–Kier alpha value is -2.49. The molecule has 0 spiro atoms. The molecule has 2 N–H and O–H groups in total. The van der Waals surface area contributed by atoms with Crippen molar-refractivity contribution in [1.29, 1.82) is 0 Å². The zero-order valence-electron chi connectivity index (χ0n) is 11.1. The van der Waals surface area contributed by atoms with Crippen molar-refractivity contribution in [3.8, 4) is 0 Å². The Balaban J connectivity index is 2.23. The van der Waals surface area contributed by atoms with E-state index in [0.717, 1.165) is 16.8 Å². The maximum Gasteiger partial charge on any atom is 0.132 e. The van der Waals surface area contributed by atoms with Crippen LogP contribution in [0.2, 0.25) is 0 Å². The molecule has 0 unspecified atom stereocenters. The third-order valence-electron chi connectivity index (χ3n) is 3.20. The largest absolute Gasteiger partial charge is 0.386 e. The molecule has 1 heterocycles. The molecule has 2 aromatic rings. The first-order chi connectivity index (χ1) is 9.65. The van der Waals surface area contributed by atoms with Gasteiger partial charge in [-0.2, -0.15) is 0 Å². The second-order valence-electron chi connectivity index (χ2n) is 4.77. The van der Waals surface area contributed by atoms with Gasteiger partial charge in [0.1, 0.15) is 11.7 Å². The average molecular weight is 267 g/mol. The summed E-state index contributed by atoms with van der Waals surface area (Å²) in [5, 5.41) is 0. The number of halogens is 1. The minimum atomic E-state index is -0.293. The van der Waals surface area contributed by atoms with Crippen LogP contribution in [0.5, 0.6) is 0 Å². The lowest BCUT2D eigenvalue weighted by Gasteiger charge is -2.09. The molecular formula is C16H14FN3. The fourth-order valence-corrected chi connectivity index (χ4v) is 2.25. The lowest BCUT2D eigenvalue weighted by molar-refractivity contribution is 0.625. The van der Waals surface area contributed by atoms with Crippen LogP contribution in [0.3, 0.4) is 0 Å². The van der Waals surface area contributed by atoms with Crippen LogP contribution in [0.1, 0.15) is 16.7 Å². The van der Waals surface area contributed by atoms with Crippen LogP contribution in [0.25, 0.3) is 0 Å². The summed E-state index contributed by atoms with van der Waals surface area (Å²) in [4.78, 5) is 8.79. The molecule has 0 atom stereocenters. The van der Waals surface area contributed by atoms with Gasteiger partial charge >= 0.3 is 0 Å². The number of aliphatic imine (C=N–C) groups is 2. The van der Waals surface area contributed by atoms with Gasteiger partial charge in [-0.3, -0.25) is 4.99 Å². The summed E-state index contributed by atoms with van der Waals surface area (Å²) in [6.07, 6.45) is 0. The van der Waals surface area contributed by atoms with Gasteiger partial charge in [0.25, 0.3) is 0 Å². The fraction of sp³-hybridized carbons (Fsp3) is 0.125. The highest BCUT2D eigenvalue weighted by molar-refractivity contribution is 6.17. The van der Waals surface area contributed by atoms with E-state index in [9.17, 15) is 4.39 Å². The third-order valence-corrected chi connectivity index (χ3v) is 3.20. The highest BCUT2D eigenvalue weighted by atomic mass is 19.1. The first-order valence-corrected chi connectivity index (χ1v) is 6.38. The molecule has 0 saturated carbocycles. The molecule has 0 saturated heterocycles. The van der Waals surface area contributed by atoms with Crippen molar-refractivity contribution < 1.29 is 4.39 Å². The second kappa shape index (κ2) is 4.89. The van der Waals surface area contributed by atoms with Gasteiger partial charge < -0.3 is 5.73 Å². The molecule has 20 heavy (non-hydrogen) atoms. The van der Waals surface area contributed by atoms with E-state index in [-0.39, 0.29) is 12.4 Å². The molecule has 1 aliphatic rings. The highest BCUT2D eigenvalue weighted by Crippen LogP contribution is 2.27. The highest BCUT2D eigenvalue weighted by Gasteiger charge is 2.17. The van der Waals surface area contributed by atoms with Crippen LogP contribution in [-0.4, -0.2) is 18.1 Å². The van der Waals surface area contributed by atoms with E-state index >= 15 is 0 Å². The van der Waals surface area contributed by atoms with Gasteiger partial charge in [0.05, 0.1) is 17.9 Å². The quantitative estimate of drug-likeness (QED) is 0.848. The average Bonchev–Trinajstić information content (AvgIpc) is 2.57. The normalized spacial score (nSPS) is 14.1. The van der Waals surface area contributed by atoms with Crippen molar-refractivity contribution in [2.75, 3.05) is 6.54 Å². The molecule has 1 aliphatic heterocycles. The predicted molar refractivity (Wildman–Crippen MR) is 79.4 cm³/mol. The summed E-state index contributed by atoms with van der Waals surface area (Å²) in [5.41, 5.74) is 9.52. The number of hydrogen-bond acceptors (Lipinski definition) is 3. The number of amidine groups is 1. The number of fused-ring (bicyclic) bond motifs is 1. The topological polar surface area (TPSA) is 50.7 Å². The predicted octanol–water partition coefficient (Wildman–Crippen LogP) is 2.97. The SMILES string of the molecule is Cc1ccc2c(c1)N=C(N)CN=C2c1ccccc1F. The molecule has 4 heteroatoms. The summed E-state index contributed by atoms with van der Waals surface area (Å²) in [6, 6.07) is 12.4. The van der Waals surface area contributed by atoms with Crippen molar-refractivity contribution in [2.45, 2.75) is 6.92 Å². The Kier molecular flexibility index (Phi) is 3.06. The van der Waals surface area contributed by atoms with Crippen LogP contribution >= 0.6 is 0 Å². The van der Waals surface area contributed by atoms with E-state index in [2.05, 4.69) is 9.98 Å². The first-order valence-electron chi connectivity index (χ1n) is 6.38. The van der Waals surface area contributed by atoms with E-state index in [1.807, 2.05) is 25.1 Å². The molecule has 0 radical (unpaired) electrons. The summed E-state index contributed by atoms with van der Waals surface area (Å²) >= 11 is 0. The number of nitrogens with two attached hydrogens (primary N) is 1. The summed E-state index contributed by atoms with van der Waals surface area (Å²) in [6.45, 7) is 2.26. The number of benzene rings is 2. The van der Waals surface area contributed by atoms with Gasteiger partial charge in [0.2, 0.25) is 0 Å². The maximum atomic E-state index is 14.0. The van der Waals surface area contributed by atoms with Gasteiger partial charge in [-0.25, -0.2) is 9.38 Å². The molecule has 0 amide bonds. The molecule has 0 aromatic heterocycles. The molecule has 2 aromatic carbocycles. The summed E-state index contributed by atoms with van der Waals surface area (Å²) in [7, 11) is 0. The zero-order chi connectivity index (χ0) is 14.1. The molecule has 0 fully saturated rings. The smallest absolute Gasteiger partial charge is 0.132 e. The van der Waals surface area contributed by atoms with E-state index in [0.29, 0.717) is 17.1 Å². The number of aryl methyl sites for hydroxylation is 1. The van der Waals surface area contributed by atoms with Crippen LogP contribution < -0.4 is 5.73 Å². The minimum Gasteiger partial charge on any atom is -0.386 e. The second-order valence-corrected chi connectivity index (χ2v) is 4.77. The van der Waals surface area contributed by atoms with Crippen molar-refractivity contribution in [3.05, 3.63) is 65.0 Å². The van der Waals surface area contributed by atoms with Crippen LogP contribution in [0.15, 0.2) is 52.4 Å². The fourth-order valence-electron chi connectivity index (χ4n) is 2.25. The lowest BCUT2D eigenvalue weighted by atomic mass is 9.99. The molecule has 100 valence electrons. The van der Waals surface area contributed by atoms with Gasteiger partial charge in [-0.15, -0.1) is 0 Å². The maximum absolute atomic E-state index is 14.0. The molecular weight excluding hydrogens is 253 g/mol. The Morgan fingerprint density at radius 2 is 1.90 bits per heavy atom. The van der Waals surface area contributed by atoms with Crippen LogP contribution in [0, 0.1) is 12.7 Å². The minimum absolute atomic E-state index is 0.275. The van der Waals surface area contributed by atoms with E-state index in [1.165, 1.54) is 6.07 Å². The van der Waals surface area contributed by atoms with Crippen molar-refractivity contribution in [3.63, 3.8) is 0 Å². The number of rotatable bonds is 1. The van der Waals surface area contributed by atoms with Crippen molar-refractivity contribution in [1.82, 2.24) is 0 Å². The lowest BCUT2D eigenvalue weighted by Crippen LogP contribution is -2.15. The molecule has 0 bridgehead atoms. The number of nitrogens with zero attached hydrogens (tertiary/aromatic N) is 2. The van der Waals surface area contributed by atoms with E-state index in [1.54, 1.807) is 18.2 Å². The molecule has 3 rings (SSSR count). The first kappa shape index (κ1) is 12.5. The Bertz CT molecular complexity index is 732. The molecule has 3 nitrogen and oxygen atoms in total. The summed E-state index contributed by atoms with van der Waals surface area (Å²) < 4.78 is 14.0. The van der Waals surface area contributed by atoms with Crippen LogP contribution in [-0.2, 0) is 0 Å². The van der Waals surface area contributed by atoms with E-state index < -0.39 is 0 Å². The Labute approximate surface area is 116 Å².